The van der Waals surface area contributed by atoms with Crippen LogP contribution in [-0.2, 0) is 9.59 Å². The smallest absolute Gasteiger partial charge is 0.308 e. The Balaban J connectivity index is 1.47. The summed E-state index contributed by atoms with van der Waals surface area (Å²) in [6, 6.07) is 6.70. The van der Waals surface area contributed by atoms with Crippen molar-refractivity contribution in [2.24, 2.45) is 17.6 Å². The number of aromatic nitrogens is 2. The third-order valence-electron chi connectivity index (χ3n) is 6.56. The van der Waals surface area contributed by atoms with E-state index >= 15 is 0 Å². The molecule has 4 rings (SSSR count). The second-order valence-electron chi connectivity index (χ2n) is 8.55. The molecular weight excluding hydrogens is 456 g/mol. The summed E-state index contributed by atoms with van der Waals surface area (Å²) in [5, 5.41) is 24.1. The number of fused-ring (bicyclic) bond motifs is 1. The van der Waals surface area contributed by atoms with E-state index in [1.165, 1.54) is 11.3 Å². The molecule has 1 aliphatic heterocycles. The lowest BCUT2D eigenvalue weighted by molar-refractivity contribution is -0.148. The average molecular weight is 485 g/mol. The summed E-state index contributed by atoms with van der Waals surface area (Å²) in [6.07, 6.45) is 4.02. The van der Waals surface area contributed by atoms with Gasteiger partial charge in [-0.15, -0.1) is 11.3 Å². The Morgan fingerprint density at radius 1 is 1.35 bits per heavy atom. The van der Waals surface area contributed by atoms with Crippen LogP contribution in [0, 0.1) is 11.8 Å². The van der Waals surface area contributed by atoms with Crippen molar-refractivity contribution < 1.29 is 24.5 Å². The molecule has 9 nitrogen and oxygen atoms in total. The molecule has 1 amide bonds. The zero-order valence-corrected chi connectivity index (χ0v) is 19.6. The number of likely N-dealkylation sites (tertiary alicyclic amines) is 1. The molecule has 0 aliphatic carbocycles. The minimum absolute atomic E-state index is 0.129. The van der Waals surface area contributed by atoms with Gasteiger partial charge in [0.25, 0.3) is 0 Å². The van der Waals surface area contributed by atoms with Gasteiger partial charge < -0.3 is 20.7 Å². The highest BCUT2D eigenvalue weighted by molar-refractivity contribution is 7.09. The van der Waals surface area contributed by atoms with Gasteiger partial charge in [-0.25, -0.2) is 4.98 Å². The molecule has 0 bridgehead atoms. The molecule has 4 atom stereocenters. The Labute approximate surface area is 201 Å². The van der Waals surface area contributed by atoms with E-state index in [9.17, 15) is 19.8 Å². The number of amides is 1. The number of ether oxygens (including phenoxy) is 1. The number of carboxylic acid groups (broad SMARTS) is 1. The largest absolute Gasteiger partial charge is 0.495 e. The number of rotatable bonds is 9. The second kappa shape index (κ2) is 10.5. The van der Waals surface area contributed by atoms with E-state index in [0.717, 1.165) is 16.5 Å². The van der Waals surface area contributed by atoms with Crippen LogP contribution in [0.2, 0.25) is 0 Å². The molecule has 3 aromatic rings. The van der Waals surface area contributed by atoms with Crippen molar-refractivity contribution in [1.29, 1.82) is 0 Å². The minimum atomic E-state index is -0.911. The Morgan fingerprint density at radius 3 is 2.85 bits per heavy atom. The van der Waals surface area contributed by atoms with Crippen LogP contribution >= 0.6 is 11.3 Å². The number of pyridine rings is 1. The van der Waals surface area contributed by atoms with Crippen LogP contribution in [0.5, 0.6) is 5.75 Å². The molecule has 0 saturated carbocycles. The summed E-state index contributed by atoms with van der Waals surface area (Å²) in [5.74, 6) is -1.64. The monoisotopic (exact) mass is 484 g/mol. The zero-order chi connectivity index (χ0) is 24.2. The van der Waals surface area contributed by atoms with Crippen molar-refractivity contribution in [2.75, 3.05) is 20.2 Å². The molecule has 180 valence electrons. The summed E-state index contributed by atoms with van der Waals surface area (Å²) in [7, 11) is 1.57. The highest BCUT2D eigenvalue weighted by Crippen LogP contribution is 2.36. The minimum Gasteiger partial charge on any atom is -0.495 e. The van der Waals surface area contributed by atoms with Gasteiger partial charge in [-0.05, 0) is 49.4 Å². The van der Waals surface area contributed by atoms with Crippen LogP contribution in [0.1, 0.15) is 42.0 Å². The number of aliphatic hydroxyl groups excluding tert-OH is 1. The number of carbonyl (C=O) groups is 2. The van der Waals surface area contributed by atoms with E-state index < -0.39 is 29.9 Å². The van der Waals surface area contributed by atoms with Gasteiger partial charge in [-0.2, -0.15) is 0 Å². The number of primary amides is 1. The van der Waals surface area contributed by atoms with Crippen LogP contribution in [0.15, 0.2) is 42.0 Å². The van der Waals surface area contributed by atoms with Crippen LogP contribution in [0.3, 0.4) is 0 Å². The maximum Gasteiger partial charge on any atom is 0.308 e. The number of carboxylic acids is 1. The third kappa shape index (κ3) is 5.03. The number of thiazole rings is 1. The van der Waals surface area contributed by atoms with Crippen molar-refractivity contribution in [3.8, 4) is 5.75 Å². The normalized spacial score (nSPS) is 20.6. The molecule has 1 fully saturated rings. The van der Waals surface area contributed by atoms with E-state index in [2.05, 4.69) is 9.97 Å². The van der Waals surface area contributed by atoms with Crippen LogP contribution < -0.4 is 10.5 Å². The summed E-state index contributed by atoms with van der Waals surface area (Å²) in [6.45, 7) is 0.742. The number of piperidine rings is 1. The maximum atomic E-state index is 12.1. The molecule has 2 unspecified atom stereocenters. The number of nitrogens with zero attached hydrogens (tertiary/aromatic N) is 3. The molecule has 0 spiro atoms. The first-order valence-electron chi connectivity index (χ1n) is 11.1. The van der Waals surface area contributed by atoms with E-state index in [0.29, 0.717) is 36.6 Å². The molecule has 0 radical (unpaired) electrons. The lowest BCUT2D eigenvalue weighted by Gasteiger charge is -2.39. The number of hydrogen-bond donors (Lipinski definition) is 3. The fourth-order valence-electron chi connectivity index (χ4n) is 4.80. The number of hydrogen-bond acceptors (Lipinski definition) is 8. The summed E-state index contributed by atoms with van der Waals surface area (Å²) < 4.78 is 5.27. The number of aliphatic hydroxyl groups is 1. The number of aliphatic carboxylic acids is 1. The van der Waals surface area contributed by atoms with Gasteiger partial charge in [-0.3, -0.25) is 19.5 Å². The standard InChI is InChI=1S/C24H28N4O5S/c1-33-15-11-17-16(3-2-4-19(17)27-12-15)20(29)6-5-14-7-9-28(13-18(14)24(31)32)21(22(25)30)23-26-8-10-34-23/h2-4,8,10-12,14,18,20-21,29H,5-7,9,13H2,1H3,(H2,25,30)(H,31,32)/t14-,18+,20?,21?/m1/s1. The summed E-state index contributed by atoms with van der Waals surface area (Å²) >= 11 is 1.33. The van der Waals surface area contributed by atoms with Crippen molar-refractivity contribution in [3.63, 3.8) is 0 Å². The lowest BCUT2D eigenvalue weighted by atomic mass is 9.80. The summed E-state index contributed by atoms with van der Waals surface area (Å²) in [5.41, 5.74) is 7.13. The molecular formula is C24H28N4O5S. The van der Waals surface area contributed by atoms with E-state index in [1.807, 2.05) is 29.2 Å². The SMILES string of the molecule is COc1cnc2cccc(C(O)CC[C@@H]3CCN(C(C(N)=O)c4nccs4)C[C@@H]3C(=O)O)c2c1. The average Bonchev–Trinajstić information content (AvgIpc) is 3.36. The van der Waals surface area contributed by atoms with Crippen LogP contribution in [-0.4, -0.2) is 57.2 Å². The molecule has 2 aromatic heterocycles. The van der Waals surface area contributed by atoms with Gasteiger partial charge in [0.1, 0.15) is 16.8 Å². The highest BCUT2D eigenvalue weighted by Gasteiger charge is 2.39. The predicted molar refractivity (Wildman–Crippen MR) is 127 cm³/mol. The molecule has 34 heavy (non-hydrogen) atoms. The number of nitrogens with two attached hydrogens (primary N) is 1. The maximum absolute atomic E-state index is 12.1. The predicted octanol–water partition coefficient (Wildman–Crippen LogP) is 2.76. The zero-order valence-electron chi connectivity index (χ0n) is 18.8. The number of methoxy groups -OCH3 is 1. The summed E-state index contributed by atoms with van der Waals surface area (Å²) in [4.78, 5) is 34.6. The lowest BCUT2D eigenvalue weighted by Crippen LogP contribution is -2.48. The topological polar surface area (TPSA) is 139 Å². The Kier molecular flexibility index (Phi) is 7.40. The van der Waals surface area contributed by atoms with Gasteiger partial charge in [0.05, 0.1) is 30.8 Å². The van der Waals surface area contributed by atoms with Crippen LogP contribution in [0.25, 0.3) is 10.9 Å². The molecule has 4 N–H and O–H groups in total. The van der Waals surface area contributed by atoms with Crippen molar-refractivity contribution >= 4 is 34.1 Å². The van der Waals surface area contributed by atoms with Gasteiger partial charge >= 0.3 is 5.97 Å². The van der Waals surface area contributed by atoms with E-state index in [-0.39, 0.29) is 12.5 Å². The van der Waals surface area contributed by atoms with Crippen molar-refractivity contribution in [2.45, 2.75) is 31.4 Å². The van der Waals surface area contributed by atoms with Gasteiger partial charge in [0, 0.05) is 23.5 Å². The second-order valence-corrected chi connectivity index (χ2v) is 9.47. The van der Waals surface area contributed by atoms with Crippen molar-refractivity contribution in [3.05, 3.63) is 52.6 Å². The fourth-order valence-corrected chi connectivity index (χ4v) is 5.57. The Morgan fingerprint density at radius 2 is 2.18 bits per heavy atom. The Bertz CT molecular complexity index is 1160. The first kappa shape index (κ1) is 24.1. The quantitative estimate of drug-likeness (QED) is 0.421. The fraction of sp³-hybridized carbons (Fsp3) is 0.417. The molecule has 10 heteroatoms. The molecule has 1 aromatic carbocycles. The molecule has 1 saturated heterocycles. The number of carbonyl (C=O) groups excluding carboxylic acids is 1. The van der Waals surface area contributed by atoms with Gasteiger partial charge in [-0.1, -0.05) is 12.1 Å². The highest BCUT2D eigenvalue weighted by atomic mass is 32.1. The van der Waals surface area contributed by atoms with E-state index in [4.69, 9.17) is 10.5 Å². The molecule has 3 heterocycles. The van der Waals surface area contributed by atoms with Gasteiger partial charge in [0.15, 0.2) is 0 Å². The van der Waals surface area contributed by atoms with Crippen molar-refractivity contribution in [1.82, 2.24) is 14.9 Å². The van der Waals surface area contributed by atoms with Gasteiger partial charge in [0.2, 0.25) is 5.91 Å². The number of benzene rings is 1. The third-order valence-corrected chi connectivity index (χ3v) is 7.39. The van der Waals surface area contributed by atoms with E-state index in [1.54, 1.807) is 24.9 Å². The van der Waals surface area contributed by atoms with Crippen LogP contribution in [0.4, 0.5) is 0 Å². The first-order chi connectivity index (χ1) is 16.4. The Hall–Kier alpha value is -3.08. The molecule has 1 aliphatic rings. The first-order valence-corrected chi connectivity index (χ1v) is 12.0.